The van der Waals surface area contributed by atoms with E-state index in [4.69, 9.17) is 5.73 Å². The van der Waals surface area contributed by atoms with E-state index in [2.05, 4.69) is 18.2 Å². The molecule has 92 valence electrons. The first kappa shape index (κ1) is 12.1. The normalized spacial score (nSPS) is 20.5. The van der Waals surface area contributed by atoms with Crippen molar-refractivity contribution in [3.8, 4) is 0 Å². The van der Waals surface area contributed by atoms with E-state index in [1.807, 2.05) is 18.0 Å². The number of aryl methyl sites for hydroxylation is 1. The Labute approximate surface area is 103 Å². The molecule has 0 saturated carbocycles. The molecule has 1 unspecified atom stereocenters. The Morgan fingerprint density at radius 3 is 2.88 bits per heavy atom. The van der Waals surface area contributed by atoms with E-state index >= 15 is 0 Å². The van der Waals surface area contributed by atoms with Crippen molar-refractivity contribution in [2.45, 2.75) is 38.3 Å². The molecule has 2 N–H and O–H groups in total. The summed E-state index contributed by atoms with van der Waals surface area (Å²) in [5, 5.41) is 0. The number of fused-ring (bicyclic) bond motifs is 1. The summed E-state index contributed by atoms with van der Waals surface area (Å²) in [5.74, 6) is 0.0201. The highest BCUT2D eigenvalue weighted by molar-refractivity contribution is 5.81. The van der Waals surface area contributed by atoms with Gasteiger partial charge in [-0.1, -0.05) is 24.3 Å². The summed E-state index contributed by atoms with van der Waals surface area (Å²) in [4.78, 5) is 13.8. The van der Waals surface area contributed by atoms with E-state index < -0.39 is 6.04 Å². The van der Waals surface area contributed by atoms with Gasteiger partial charge < -0.3 is 10.6 Å². The van der Waals surface area contributed by atoms with Crippen LogP contribution in [0.2, 0.25) is 0 Å². The minimum absolute atomic E-state index is 0.0201. The van der Waals surface area contributed by atoms with Gasteiger partial charge in [-0.25, -0.2) is 0 Å². The smallest absolute Gasteiger partial charge is 0.239 e. The van der Waals surface area contributed by atoms with Crippen molar-refractivity contribution in [1.29, 1.82) is 0 Å². The number of nitrogens with two attached hydrogens (primary N) is 1. The number of carbonyl (C=O) groups is 1. The number of hydrogen-bond donors (Lipinski definition) is 1. The summed E-state index contributed by atoms with van der Waals surface area (Å²) in [6, 6.07) is 8.17. The Bertz CT molecular complexity index is 414. The zero-order valence-corrected chi connectivity index (χ0v) is 10.5. The van der Waals surface area contributed by atoms with Crippen LogP contribution in [0.4, 0.5) is 0 Å². The third kappa shape index (κ3) is 2.34. The number of carbonyl (C=O) groups excluding carboxylic acids is 1. The summed E-state index contributed by atoms with van der Waals surface area (Å²) >= 11 is 0. The largest absolute Gasteiger partial charge is 0.337 e. The second-order valence-corrected chi connectivity index (χ2v) is 4.84. The van der Waals surface area contributed by atoms with Crippen LogP contribution >= 0.6 is 0 Å². The maximum atomic E-state index is 12.0. The summed E-state index contributed by atoms with van der Waals surface area (Å²) in [6.07, 6.45) is 3.29. The minimum atomic E-state index is -0.422. The zero-order chi connectivity index (χ0) is 12.4. The van der Waals surface area contributed by atoms with E-state index in [-0.39, 0.29) is 11.9 Å². The van der Waals surface area contributed by atoms with Crippen molar-refractivity contribution >= 4 is 5.91 Å². The van der Waals surface area contributed by atoms with Gasteiger partial charge in [0.2, 0.25) is 5.91 Å². The van der Waals surface area contributed by atoms with Gasteiger partial charge in [-0.15, -0.1) is 0 Å². The standard InChI is InChI=1S/C14H20N2O/c1-10(15)14(17)16(2)13-9-5-7-11-6-3-4-8-12(11)13/h3-4,6,8,10,13H,5,7,9,15H2,1-2H3/t10-,13?/m1/s1. The number of rotatable bonds is 2. The van der Waals surface area contributed by atoms with Crippen molar-refractivity contribution in [2.75, 3.05) is 7.05 Å². The Morgan fingerprint density at radius 1 is 1.47 bits per heavy atom. The molecule has 2 atom stereocenters. The number of hydrogen-bond acceptors (Lipinski definition) is 2. The average molecular weight is 232 g/mol. The first-order chi connectivity index (χ1) is 8.11. The molecule has 1 aromatic rings. The van der Waals surface area contributed by atoms with Gasteiger partial charge in [0.15, 0.2) is 0 Å². The monoisotopic (exact) mass is 232 g/mol. The predicted octanol–water partition coefficient (Wildman–Crippen LogP) is 1.87. The molecule has 1 aliphatic carbocycles. The molecule has 0 spiro atoms. The molecule has 17 heavy (non-hydrogen) atoms. The minimum Gasteiger partial charge on any atom is -0.337 e. The Morgan fingerprint density at radius 2 is 2.18 bits per heavy atom. The number of likely N-dealkylation sites (N-methyl/N-ethyl adjacent to an activating group) is 1. The van der Waals surface area contributed by atoms with Gasteiger partial charge in [0, 0.05) is 7.05 Å². The molecule has 1 aliphatic rings. The van der Waals surface area contributed by atoms with Crippen LogP contribution in [-0.2, 0) is 11.2 Å². The fraction of sp³-hybridized carbons (Fsp3) is 0.500. The molecule has 1 amide bonds. The van der Waals surface area contributed by atoms with Crippen LogP contribution in [-0.4, -0.2) is 23.9 Å². The lowest BCUT2D eigenvalue weighted by atomic mass is 9.87. The molecule has 0 aliphatic heterocycles. The van der Waals surface area contributed by atoms with Gasteiger partial charge in [0.1, 0.15) is 0 Å². The quantitative estimate of drug-likeness (QED) is 0.846. The Kier molecular flexibility index (Phi) is 3.48. The van der Waals surface area contributed by atoms with E-state index in [0.717, 1.165) is 19.3 Å². The molecule has 0 saturated heterocycles. The van der Waals surface area contributed by atoms with Crippen molar-refractivity contribution in [3.63, 3.8) is 0 Å². The SMILES string of the molecule is C[C@@H](N)C(=O)N(C)C1CCCc2ccccc21. The first-order valence-corrected chi connectivity index (χ1v) is 6.21. The van der Waals surface area contributed by atoms with Gasteiger partial charge >= 0.3 is 0 Å². The highest BCUT2D eigenvalue weighted by Gasteiger charge is 2.27. The second kappa shape index (κ2) is 4.88. The van der Waals surface area contributed by atoms with Gasteiger partial charge in [-0.2, -0.15) is 0 Å². The first-order valence-electron chi connectivity index (χ1n) is 6.21. The molecular formula is C14H20N2O. The van der Waals surface area contributed by atoms with Crippen LogP contribution < -0.4 is 5.73 Å². The van der Waals surface area contributed by atoms with Crippen molar-refractivity contribution in [3.05, 3.63) is 35.4 Å². The van der Waals surface area contributed by atoms with E-state index in [1.54, 1.807) is 6.92 Å². The van der Waals surface area contributed by atoms with Gasteiger partial charge in [-0.3, -0.25) is 4.79 Å². The molecule has 3 nitrogen and oxygen atoms in total. The molecule has 2 rings (SSSR count). The second-order valence-electron chi connectivity index (χ2n) is 4.84. The van der Waals surface area contributed by atoms with Gasteiger partial charge in [0.25, 0.3) is 0 Å². The molecule has 3 heteroatoms. The van der Waals surface area contributed by atoms with E-state index in [0.29, 0.717) is 0 Å². The fourth-order valence-corrected chi connectivity index (χ4v) is 2.61. The van der Waals surface area contributed by atoms with E-state index in [9.17, 15) is 4.79 Å². The lowest BCUT2D eigenvalue weighted by molar-refractivity contribution is -0.133. The van der Waals surface area contributed by atoms with Crippen LogP contribution in [0, 0.1) is 0 Å². The molecule has 0 aromatic heterocycles. The van der Waals surface area contributed by atoms with Crippen LogP contribution in [0.25, 0.3) is 0 Å². The molecule has 1 aromatic carbocycles. The van der Waals surface area contributed by atoms with Gasteiger partial charge in [0.05, 0.1) is 12.1 Å². The third-order valence-corrected chi connectivity index (χ3v) is 3.54. The molecule has 0 radical (unpaired) electrons. The van der Waals surface area contributed by atoms with Crippen LogP contribution in [0.1, 0.15) is 36.9 Å². The van der Waals surface area contributed by atoms with Crippen LogP contribution in [0.5, 0.6) is 0 Å². The predicted molar refractivity (Wildman–Crippen MR) is 68.5 cm³/mol. The summed E-state index contributed by atoms with van der Waals surface area (Å²) in [6.45, 7) is 1.74. The fourth-order valence-electron chi connectivity index (χ4n) is 2.61. The Hall–Kier alpha value is -1.35. The van der Waals surface area contributed by atoms with Crippen molar-refractivity contribution < 1.29 is 4.79 Å². The van der Waals surface area contributed by atoms with Gasteiger partial charge in [-0.05, 0) is 37.3 Å². The summed E-state index contributed by atoms with van der Waals surface area (Å²) < 4.78 is 0. The average Bonchev–Trinajstić information content (AvgIpc) is 2.36. The highest BCUT2D eigenvalue weighted by Crippen LogP contribution is 2.33. The maximum Gasteiger partial charge on any atom is 0.239 e. The molecule has 0 bridgehead atoms. The molecule has 0 heterocycles. The molecule has 0 fully saturated rings. The number of amides is 1. The topological polar surface area (TPSA) is 46.3 Å². The van der Waals surface area contributed by atoms with Crippen molar-refractivity contribution in [1.82, 2.24) is 4.90 Å². The Balaban J connectivity index is 2.26. The third-order valence-electron chi connectivity index (χ3n) is 3.54. The lowest BCUT2D eigenvalue weighted by Gasteiger charge is -2.34. The summed E-state index contributed by atoms with van der Waals surface area (Å²) in [7, 11) is 1.86. The number of nitrogens with zero attached hydrogens (tertiary/aromatic N) is 1. The van der Waals surface area contributed by atoms with E-state index in [1.165, 1.54) is 11.1 Å². The van der Waals surface area contributed by atoms with Crippen LogP contribution in [0.3, 0.4) is 0 Å². The molecular weight excluding hydrogens is 212 g/mol. The number of benzene rings is 1. The maximum absolute atomic E-state index is 12.0. The van der Waals surface area contributed by atoms with Crippen LogP contribution in [0.15, 0.2) is 24.3 Å². The summed E-state index contributed by atoms with van der Waals surface area (Å²) in [5.41, 5.74) is 8.33. The lowest BCUT2D eigenvalue weighted by Crippen LogP contribution is -2.42. The zero-order valence-electron chi connectivity index (χ0n) is 10.5. The van der Waals surface area contributed by atoms with Crippen molar-refractivity contribution in [2.24, 2.45) is 5.73 Å². The highest BCUT2D eigenvalue weighted by atomic mass is 16.2.